The number of rotatable bonds is 6. The number of furan rings is 1. The van der Waals surface area contributed by atoms with Crippen molar-refractivity contribution < 1.29 is 14.0 Å². The van der Waals surface area contributed by atoms with Gasteiger partial charge in [0.25, 0.3) is 5.56 Å². The van der Waals surface area contributed by atoms with Crippen molar-refractivity contribution in [1.29, 1.82) is 0 Å². The molecule has 10 heteroatoms. The van der Waals surface area contributed by atoms with E-state index in [9.17, 15) is 14.4 Å². The molecule has 3 heterocycles. The van der Waals surface area contributed by atoms with Gasteiger partial charge in [-0.1, -0.05) is 18.7 Å². The van der Waals surface area contributed by atoms with Crippen LogP contribution in [0.25, 0.3) is 10.2 Å². The lowest BCUT2D eigenvalue weighted by molar-refractivity contribution is -0.119. The zero-order chi connectivity index (χ0) is 20.4. The van der Waals surface area contributed by atoms with Crippen LogP contribution in [0.4, 0.5) is 0 Å². The molecular weight excluding hydrogens is 412 g/mol. The lowest BCUT2D eigenvalue weighted by Crippen LogP contribution is -2.42. The molecule has 29 heavy (non-hydrogen) atoms. The van der Waals surface area contributed by atoms with Crippen LogP contribution in [0.5, 0.6) is 0 Å². The summed E-state index contributed by atoms with van der Waals surface area (Å²) < 4.78 is 6.62. The van der Waals surface area contributed by atoms with Crippen molar-refractivity contribution in [3.05, 3.63) is 45.0 Å². The van der Waals surface area contributed by atoms with E-state index in [0.717, 1.165) is 41.5 Å². The Morgan fingerprint density at radius 2 is 2.21 bits per heavy atom. The molecule has 0 aliphatic heterocycles. The molecule has 0 spiro atoms. The molecule has 1 aliphatic carbocycles. The van der Waals surface area contributed by atoms with Crippen LogP contribution in [0, 0.1) is 0 Å². The molecule has 0 atom stereocenters. The second kappa shape index (κ2) is 8.42. The summed E-state index contributed by atoms with van der Waals surface area (Å²) in [6, 6.07) is 3.08. The van der Waals surface area contributed by atoms with Gasteiger partial charge in [-0.05, 0) is 43.4 Å². The van der Waals surface area contributed by atoms with E-state index < -0.39 is 11.8 Å². The fourth-order valence-corrected chi connectivity index (χ4v) is 5.48. The second-order valence-corrected chi connectivity index (χ2v) is 8.68. The highest BCUT2D eigenvalue weighted by Gasteiger charge is 2.23. The number of hydrogen-bond donors (Lipinski definition) is 2. The molecule has 1 aliphatic rings. The summed E-state index contributed by atoms with van der Waals surface area (Å²) in [6.45, 7) is 2.55. The molecule has 2 amide bonds. The standard InChI is InChI=1S/C19H20N4O4S2/c1-2-8-23-18(26)15-11-5-3-7-13(11)29-17(15)20-19(23)28-10-14(24)21-22-16(25)12-6-4-9-27-12/h4,6,9H,2-3,5,7-8,10H2,1H3,(H,21,24)(H,22,25). The summed E-state index contributed by atoms with van der Waals surface area (Å²) in [7, 11) is 0. The molecular formula is C19H20N4O4S2. The van der Waals surface area contributed by atoms with Gasteiger partial charge in [-0.3, -0.25) is 29.8 Å². The molecule has 2 N–H and O–H groups in total. The first-order valence-corrected chi connectivity index (χ1v) is 11.2. The molecule has 3 aromatic rings. The summed E-state index contributed by atoms with van der Waals surface area (Å²) in [6.07, 6.45) is 5.19. The second-order valence-electron chi connectivity index (χ2n) is 6.66. The molecule has 4 rings (SSSR count). The van der Waals surface area contributed by atoms with E-state index in [1.807, 2.05) is 6.92 Å². The predicted octanol–water partition coefficient (Wildman–Crippen LogP) is 2.50. The fourth-order valence-electron chi connectivity index (χ4n) is 3.35. The van der Waals surface area contributed by atoms with Gasteiger partial charge >= 0.3 is 5.91 Å². The lowest BCUT2D eigenvalue weighted by Gasteiger charge is -2.11. The van der Waals surface area contributed by atoms with Crippen LogP contribution in [0.3, 0.4) is 0 Å². The number of carbonyl (C=O) groups excluding carboxylic acids is 2. The molecule has 0 fully saturated rings. The van der Waals surface area contributed by atoms with Gasteiger partial charge in [0.05, 0.1) is 17.4 Å². The molecule has 8 nitrogen and oxygen atoms in total. The van der Waals surface area contributed by atoms with E-state index in [4.69, 9.17) is 4.42 Å². The Morgan fingerprint density at radius 3 is 2.97 bits per heavy atom. The van der Waals surface area contributed by atoms with Crippen LogP contribution in [0.2, 0.25) is 0 Å². The molecule has 0 aromatic carbocycles. The molecule has 0 bridgehead atoms. The van der Waals surface area contributed by atoms with Crippen LogP contribution in [-0.2, 0) is 24.2 Å². The zero-order valence-electron chi connectivity index (χ0n) is 15.8. The maximum atomic E-state index is 13.1. The summed E-state index contributed by atoms with van der Waals surface area (Å²) in [5, 5.41) is 1.27. The number of aryl methyl sites for hydroxylation is 2. The Kier molecular flexibility index (Phi) is 5.72. The first-order valence-electron chi connectivity index (χ1n) is 9.39. The average molecular weight is 433 g/mol. The van der Waals surface area contributed by atoms with Crippen LogP contribution in [-0.4, -0.2) is 27.1 Å². The van der Waals surface area contributed by atoms with E-state index in [2.05, 4.69) is 15.8 Å². The quantitative estimate of drug-likeness (QED) is 0.352. The number of aromatic nitrogens is 2. The van der Waals surface area contributed by atoms with Crippen LogP contribution in [0.1, 0.15) is 40.8 Å². The predicted molar refractivity (Wildman–Crippen MR) is 111 cm³/mol. The van der Waals surface area contributed by atoms with Crippen molar-refractivity contribution >= 4 is 45.1 Å². The largest absolute Gasteiger partial charge is 0.459 e. The van der Waals surface area contributed by atoms with Crippen LogP contribution in [0.15, 0.2) is 32.8 Å². The van der Waals surface area contributed by atoms with E-state index in [1.54, 1.807) is 22.0 Å². The van der Waals surface area contributed by atoms with Crippen LogP contribution < -0.4 is 16.4 Å². The first-order chi connectivity index (χ1) is 14.1. The summed E-state index contributed by atoms with van der Waals surface area (Å²) in [4.78, 5) is 43.7. The Balaban J connectivity index is 1.48. The monoisotopic (exact) mass is 432 g/mol. The van der Waals surface area contributed by atoms with Crippen molar-refractivity contribution in [3.63, 3.8) is 0 Å². The number of amides is 2. The maximum Gasteiger partial charge on any atom is 0.305 e. The highest BCUT2D eigenvalue weighted by molar-refractivity contribution is 7.99. The average Bonchev–Trinajstić information content (AvgIpc) is 3.44. The Hall–Kier alpha value is -2.59. The van der Waals surface area contributed by atoms with Gasteiger partial charge in [0.2, 0.25) is 5.91 Å². The molecule has 3 aromatic heterocycles. The SMILES string of the molecule is CCCn1c(SCC(=O)NNC(=O)c2ccco2)nc2sc3c(c2c1=O)CCC3. The number of thiophene rings is 1. The van der Waals surface area contributed by atoms with Gasteiger partial charge in [-0.15, -0.1) is 11.3 Å². The van der Waals surface area contributed by atoms with Crippen molar-refractivity contribution in [1.82, 2.24) is 20.4 Å². The van der Waals surface area contributed by atoms with Crippen molar-refractivity contribution in [2.24, 2.45) is 0 Å². The number of fused-ring (bicyclic) bond motifs is 3. The first kappa shape index (κ1) is 19.7. The fraction of sp³-hybridized carbons (Fsp3) is 0.368. The summed E-state index contributed by atoms with van der Waals surface area (Å²) >= 11 is 2.77. The number of nitrogens with zero attached hydrogens (tertiary/aromatic N) is 2. The number of thioether (sulfide) groups is 1. The van der Waals surface area contributed by atoms with E-state index >= 15 is 0 Å². The van der Waals surface area contributed by atoms with E-state index in [0.29, 0.717) is 11.7 Å². The van der Waals surface area contributed by atoms with E-state index in [1.165, 1.54) is 29.0 Å². The Morgan fingerprint density at radius 1 is 1.34 bits per heavy atom. The molecule has 152 valence electrons. The smallest absolute Gasteiger partial charge is 0.305 e. The van der Waals surface area contributed by atoms with Crippen molar-refractivity contribution in [2.45, 2.75) is 44.3 Å². The third-order valence-electron chi connectivity index (χ3n) is 4.63. The minimum absolute atomic E-state index is 0.0190. The normalized spacial score (nSPS) is 12.9. The highest BCUT2D eigenvalue weighted by Crippen LogP contribution is 2.35. The minimum atomic E-state index is -0.538. The third kappa shape index (κ3) is 3.95. The van der Waals surface area contributed by atoms with Gasteiger partial charge < -0.3 is 4.42 Å². The van der Waals surface area contributed by atoms with Gasteiger partial charge in [0.15, 0.2) is 10.9 Å². The number of nitrogens with one attached hydrogen (secondary N) is 2. The van der Waals surface area contributed by atoms with Crippen LogP contribution >= 0.6 is 23.1 Å². The van der Waals surface area contributed by atoms with Crippen molar-refractivity contribution in [2.75, 3.05) is 5.75 Å². The Labute approximate surface area is 174 Å². The van der Waals surface area contributed by atoms with E-state index in [-0.39, 0.29) is 17.1 Å². The molecule has 0 saturated carbocycles. The highest BCUT2D eigenvalue weighted by atomic mass is 32.2. The third-order valence-corrected chi connectivity index (χ3v) is 6.79. The summed E-state index contributed by atoms with van der Waals surface area (Å²) in [5.41, 5.74) is 5.77. The maximum absolute atomic E-state index is 13.1. The summed E-state index contributed by atoms with van der Waals surface area (Å²) in [5.74, 6) is -0.817. The number of hydrogen-bond acceptors (Lipinski definition) is 7. The van der Waals surface area contributed by atoms with Gasteiger partial charge in [0.1, 0.15) is 4.83 Å². The number of hydrazine groups is 1. The topological polar surface area (TPSA) is 106 Å². The molecule has 0 saturated heterocycles. The van der Waals surface area contributed by atoms with Gasteiger partial charge in [-0.2, -0.15) is 0 Å². The van der Waals surface area contributed by atoms with Gasteiger partial charge in [-0.25, -0.2) is 4.98 Å². The van der Waals surface area contributed by atoms with Gasteiger partial charge in [0, 0.05) is 11.4 Å². The van der Waals surface area contributed by atoms with Crippen molar-refractivity contribution in [3.8, 4) is 0 Å². The number of carbonyl (C=O) groups is 2. The Bertz CT molecular complexity index is 1120. The lowest BCUT2D eigenvalue weighted by atomic mass is 10.2. The molecule has 0 unspecified atom stereocenters. The molecule has 0 radical (unpaired) electrons. The zero-order valence-corrected chi connectivity index (χ0v) is 17.5. The minimum Gasteiger partial charge on any atom is -0.459 e.